The number of hydrogen-bond donors (Lipinski definition) is 2. The Morgan fingerprint density at radius 2 is 2.35 bits per heavy atom. The molecule has 1 amide bonds. The molecule has 0 aliphatic rings. The van der Waals surface area contributed by atoms with E-state index in [2.05, 4.69) is 10.3 Å². The van der Waals surface area contributed by atoms with Gasteiger partial charge < -0.3 is 11.1 Å². The molecule has 84 valence electrons. The first-order chi connectivity index (χ1) is 8.19. The summed E-state index contributed by atoms with van der Waals surface area (Å²) in [5, 5.41) is 5.01. The Hall–Kier alpha value is -1.66. The van der Waals surface area contributed by atoms with Crippen LogP contribution in [0.1, 0.15) is 0 Å². The first-order valence-corrected chi connectivity index (χ1v) is 5.88. The van der Waals surface area contributed by atoms with Crippen molar-refractivity contribution >= 4 is 35.7 Å². The van der Waals surface area contributed by atoms with Gasteiger partial charge in [-0.2, -0.15) is 0 Å². The van der Waals surface area contributed by atoms with Crippen LogP contribution in [0.3, 0.4) is 0 Å². The van der Waals surface area contributed by atoms with Crippen LogP contribution in [0.15, 0.2) is 29.6 Å². The highest BCUT2D eigenvalue weighted by Gasteiger charge is 2.06. The number of carbonyl (C=O) groups excluding carboxylic acids is 1. The van der Waals surface area contributed by atoms with Gasteiger partial charge in [-0.25, -0.2) is 4.98 Å². The number of amides is 1. The Balaban J connectivity index is 2.21. The second kappa shape index (κ2) is 5.12. The Morgan fingerprint density at radius 3 is 3.06 bits per heavy atom. The molecule has 0 aliphatic heterocycles. The SMILES string of the molecule is [B]c1cccc(-c2csc(NC(=O)CN)n2)c1. The summed E-state index contributed by atoms with van der Waals surface area (Å²) in [5.74, 6) is -0.251. The van der Waals surface area contributed by atoms with Crippen LogP contribution in [0.4, 0.5) is 5.13 Å². The highest BCUT2D eigenvalue weighted by molar-refractivity contribution is 7.14. The normalized spacial score (nSPS) is 10.2. The Labute approximate surface area is 104 Å². The number of thiazole rings is 1. The molecule has 1 aromatic heterocycles. The zero-order valence-electron chi connectivity index (χ0n) is 9.01. The van der Waals surface area contributed by atoms with Crippen LogP contribution < -0.4 is 16.5 Å². The number of nitrogens with one attached hydrogen (secondary N) is 1. The molecule has 0 spiro atoms. The quantitative estimate of drug-likeness (QED) is 0.771. The van der Waals surface area contributed by atoms with Crippen LogP contribution in [0, 0.1) is 0 Å². The number of nitrogens with two attached hydrogens (primary N) is 1. The minimum absolute atomic E-state index is 0.0484. The highest BCUT2D eigenvalue weighted by atomic mass is 32.1. The van der Waals surface area contributed by atoms with Gasteiger partial charge in [-0.05, 0) is 0 Å². The topological polar surface area (TPSA) is 68.0 Å². The first kappa shape index (κ1) is 11.8. The molecule has 2 rings (SSSR count). The van der Waals surface area contributed by atoms with Crippen molar-refractivity contribution in [1.29, 1.82) is 0 Å². The molecule has 0 bridgehead atoms. The van der Waals surface area contributed by atoms with Crippen molar-refractivity contribution in [1.82, 2.24) is 4.98 Å². The maximum atomic E-state index is 11.1. The molecule has 2 aromatic rings. The van der Waals surface area contributed by atoms with Gasteiger partial charge in [-0.1, -0.05) is 29.7 Å². The average Bonchev–Trinajstić information content (AvgIpc) is 2.77. The van der Waals surface area contributed by atoms with E-state index in [4.69, 9.17) is 13.6 Å². The summed E-state index contributed by atoms with van der Waals surface area (Å²) in [4.78, 5) is 15.4. The molecule has 17 heavy (non-hydrogen) atoms. The molecule has 0 atom stereocenters. The van der Waals surface area contributed by atoms with Gasteiger partial charge in [0.05, 0.1) is 12.2 Å². The van der Waals surface area contributed by atoms with E-state index < -0.39 is 0 Å². The van der Waals surface area contributed by atoms with E-state index in [0.29, 0.717) is 10.6 Å². The second-order valence-corrected chi connectivity index (χ2v) is 4.27. The van der Waals surface area contributed by atoms with E-state index in [1.807, 2.05) is 29.6 Å². The molecular weight excluding hydrogens is 233 g/mol. The van der Waals surface area contributed by atoms with Gasteiger partial charge in [0.1, 0.15) is 7.85 Å². The highest BCUT2D eigenvalue weighted by Crippen LogP contribution is 2.23. The Kier molecular flexibility index (Phi) is 3.56. The van der Waals surface area contributed by atoms with Crippen molar-refractivity contribution in [3.63, 3.8) is 0 Å². The molecule has 0 aliphatic carbocycles. The summed E-state index contributed by atoms with van der Waals surface area (Å²) in [6.07, 6.45) is 0. The maximum absolute atomic E-state index is 11.1. The van der Waals surface area contributed by atoms with Gasteiger partial charge in [0.25, 0.3) is 0 Å². The van der Waals surface area contributed by atoms with Crippen molar-refractivity contribution in [2.75, 3.05) is 11.9 Å². The van der Waals surface area contributed by atoms with Crippen molar-refractivity contribution < 1.29 is 4.79 Å². The van der Waals surface area contributed by atoms with E-state index in [0.717, 1.165) is 11.3 Å². The lowest BCUT2D eigenvalue weighted by atomic mass is 9.94. The number of benzene rings is 1. The van der Waals surface area contributed by atoms with Gasteiger partial charge >= 0.3 is 0 Å². The minimum Gasteiger partial charge on any atom is -0.322 e. The number of hydrogen-bond acceptors (Lipinski definition) is 4. The first-order valence-electron chi connectivity index (χ1n) is 5.00. The van der Waals surface area contributed by atoms with Crippen molar-refractivity contribution in [2.45, 2.75) is 0 Å². The van der Waals surface area contributed by atoms with Crippen LogP contribution in [0.5, 0.6) is 0 Å². The minimum atomic E-state index is -0.251. The number of nitrogens with zero attached hydrogens (tertiary/aromatic N) is 1. The van der Waals surface area contributed by atoms with E-state index in [9.17, 15) is 4.79 Å². The summed E-state index contributed by atoms with van der Waals surface area (Å²) in [5.41, 5.74) is 7.60. The van der Waals surface area contributed by atoms with E-state index in [1.54, 1.807) is 0 Å². The largest absolute Gasteiger partial charge is 0.322 e. The number of anilines is 1. The van der Waals surface area contributed by atoms with Gasteiger partial charge in [0, 0.05) is 10.9 Å². The third-order valence-corrected chi connectivity index (χ3v) is 2.88. The number of aromatic nitrogens is 1. The van der Waals surface area contributed by atoms with Gasteiger partial charge in [0.2, 0.25) is 5.91 Å². The molecule has 0 unspecified atom stereocenters. The lowest BCUT2D eigenvalue weighted by Crippen LogP contribution is -2.21. The van der Waals surface area contributed by atoms with E-state index in [-0.39, 0.29) is 12.5 Å². The predicted octanol–water partition coefficient (Wildman–Crippen LogP) is 0.501. The summed E-state index contributed by atoms with van der Waals surface area (Å²) >= 11 is 1.35. The molecule has 0 saturated carbocycles. The smallest absolute Gasteiger partial charge is 0.239 e. The predicted molar refractivity (Wildman–Crippen MR) is 70.6 cm³/mol. The van der Waals surface area contributed by atoms with Crippen LogP contribution in [-0.4, -0.2) is 25.3 Å². The van der Waals surface area contributed by atoms with Crippen molar-refractivity contribution in [2.24, 2.45) is 5.73 Å². The van der Waals surface area contributed by atoms with Crippen LogP contribution >= 0.6 is 11.3 Å². The fourth-order valence-electron chi connectivity index (χ4n) is 1.33. The van der Waals surface area contributed by atoms with E-state index in [1.165, 1.54) is 11.3 Å². The molecule has 2 radical (unpaired) electrons. The van der Waals surface area contributed by atoms with Crippen molar-refractivity contribution in [3.8, 4) is 11.3 Å². The summed E-state index contributed by atoms with van der Waals surface area (Å²) in [7, 11) is 5.69. The molecule has 0 fully saturated rings. The lowest BCUT2D eigenvalue weighted by molar-refractivity contribution is -0.114. The molecule has 6 heteroatoms. The van der Waals surface area contributed by atoms with E-state index >= 15 is 0 Å². The summed E-state index contributed by atoms with van der Waals surface area (Å²) in [6.45, 7) is -0.0484. The zero-order chi connectivity index (χ0) is 12.3. The van der Waals surface area contributed by atoms with Gasteiger partial charge in [0.15, 0.2) is 5.13 Å². The fraction of sp³-hybridized carbons (Fsp3) is 0.0909. The fourth-order valence-corrected chi connectivity index (χ4v) is 2.07. The van der Waals surface area contributed by atoms with Crippen LogP contribution in [0.2, 0.25) is 0 Å². The van der Waals surface area contributed by atoms with Crippen molar-refractivity contribution in [3.05, 3.63) is 29.6 Å². The zero-order valence-corrected chi connectivity index (χ0v) is 9.83. The summed E-state index contributed by atoms with van der Waals surface area (Å²) < 4.78 is 0. The lowest BCUT2D eigenvalue weighted by Gasteiger charge is -1.99. The second-order valence-electron chi connectivity index (χ2n) is 3.42. The number of rotatable bonds is 3. The molecular formula is C11H10BN3OS. The molecule has 4 nitrogen and oxygen atoms in total. The van der Waals surface area contributed by atoms with Gasteiger partial charge in [-0.15, -0.1) is 11.3 Å². The maximum Gasteiger partial charge on any atom is 0.239 e. The standard InChI is InChI=1S/C11H10BN3OS/c12-8-3-1-2-7(4-8)9-6-17-11(14-9)15-10(16)5-13/h1-4,6H,5,13H2,(H,14,15,16). The number of carbonyl (C=O) groups is 1. The molecule has 0 saturated heterocycles. The summed E-state index contributed by atoms with van der Waals surface area (Å²) in [6, 6.07) is 7.43. The third-order valence-electron chi connectivity index (χ3n) is 2.12. The van der Waals surface area contributed by atoms with Crippen LogP contribution in [-0.2, 0) is 4.79 Å². The molecule has 1 heterocycles. The third kappa shape index (κ3) is 2.92. The Morgan fingerprint density at radius 1 is 1.53 bits per heavy atom. The molecule has 3 N–H and O–H groups in total. The molecule has 1 aromatic carbocycles. The average molecular weight is 243 g/mol. The Bertz CT molecular complexity index is 541. The van der Waals surface area contributed by atoms with Gasteiger partial charge in [-0.3, -0.25) is 4.79 Å². The monoisotopic (exact) mass is 243 g/mol. The van der Waals surface area contributed by atoms with Crippen LogP contribution in [0.25, 0.3) is 11.3 Å².